The second-order valence-electron chi connectivity index (χ2n) is 7.96. The summed E-state index contributed by atoms with van der Waals surface area (Å²) in [7, 11) is 0. The first-order valence-corrected chi connectivity index (χ1v) is 10.1. The summed E-state index contributed by atoms with van der Waals surface area (Å²) in [4.78, 5) is 32.7. The number of hydrogen-bond donors (Lipinski definition) is 0. The Hall–Kier alpha value is -3.76. The summed E-state index contributed by atoms with van der Waals surface area (Å²) in [5.74, 6) is -0.538. The molecule has 0 bridgehead atoms. The van der Waals surface area contributed by atoms with Gasteiger partial charge in [-0.15, -0.1) is 0 Å². The molecule has 0 amide bonds. The summed E-state index contributed by atoms with van der Waals surface area (Å²) in [6.07, 6.45) is -1.96. The average Bonchev–Trinajstić information content (AvgIpc) is 2.77. The fourth-order valence-electron chi connectivity index (χ4n) is 4.04. The Kier molecular flexibility index (Phi) is 5.88. The summed E-state index contributed by atoms with van der Waals surface area (Å²) >= 11 is 0. The Bertz CT molecular complexity index is 1200. The predicted octanol–water partition coefficient (Wildman–Crippen LogP) is 4.63. The lowest BCUT2D eigenvalue weighted by Crippen LogP contribution is -2.44. The highest BCUT2D eigenvalue weighted by atomic mass is 19.4. The van der Waals surface area contributed by atoms with E-state index in [2.05, 4.69) is 9.97 Å². The fraction of sp³-hybridized carbons (Fsp3) is 0.318. The number of alkyl halides is 3. The van der Waals surface area contributed by atoms with Crippen LogP contribution >= 0.6 is 0 Å². The number of hydrogen-bond acceptors (Lipinski definition) is 7. The van der Waals surface area contributed by atoms with Gasteiger partial charge in [0, 0.05) is 31.1 Å². The number of carbonyl (C=O) groups is 1. The van der Waals surface area contributed by atoms with E-state index in [-0.39, 0.29) is 34.7 Å². The second-order valence-corrected chi connectivity index (χ2v) is 7.96. The highest BCUT2D eigenvalue weighted by Crippen LogP contribution is 2.38. The number of benzene rings is 2. The van der Waals surface area contributed by atoms with Crippen LogP contribution in [0.2, 0.25) is 0 Å². The van der Waals surface area contributed by atoms with Gasteiger partial charge in [0.15, 0.2) is 0 Å². The molecule has 2 atom stereocenters. The maximum absolute atomic E-state index is 13.4. The molecule has 0 aliphatic carbocycles. The normalized spacial score (nSPS) is 18.8. The molecule has 33 heavy (non-hydrogen) atoms. The minimum Gasteiger partial charge on any atom is -0.457 e. The number of nitro benzene ring substituents is 1. The minimum atomic E-state index is -4.56. The van der Waals surface area contributed by atoms with Crippen LogP contribution in [0.5, 0.6) is 0 Å². The number of halogens is 3. The number of non-ortho nitro benzene ring substituents is 1. The van der Waals surface area contributed by atoms with Gasteiger partial charge in [0.1, 0.15) is 17.1 Å². The van der Waals surface area contributed by atoms with Crippen LogP contribution in [0.25, 0.3) is 11.0 Å². The summed E-state index contributed by atoms with van der Waals surface area (Å²) in [5.41, 5.74) is -0.452. The van der Waals surface area contributed by atoms with Gasteiger partial charge in [0.05, 0.1) is 28.3 Å². The van der Waals surface area contributed by atoms with Gasteiger partial charge in [0.25, 0.3) is 5.69 Å². The molecule has 1 unspecified atom stereocenters. The Labute approximate surface area is 186 Å². The molecule has 2 heterocycles. The first kappa shape index (κ1) is 22.4. The Morgan fingerprint density at radius 2 is 1.76 bits per heavy atom. The van der Waals surface area contributed by atoms with E-state index < -0.39 is 28.7 Å². The Morgan fingerprint density at radius 3 is 2.39 bits per heavy atom. The number of ether oxygens (including phenoxy) is 1. The van der Waals surface area contributed by atoms with E-state index in [9.17, 15) is 28.1 Å². The Balaban J connectivity index is 1.57. The maximum Gasteiger partial charge on any atom is 0.418 e. The molecule has 4 rings (SSSR count). The largest absolute Gasteiger partial charge is 0.457 e. The lowest BCUT2D eigenvalue weighted by atomic mass is 9.96. The molecule has 1 aromatic heterocycles. The first-order valence-electron chi connectivity index (χ1n) is 10.1. The number of rotatable bonds is 4. The van der Waals surface area contributed by atoms with Crippen LogP contribution in [0.3, 0.4) is 0 Å². The second kappa shape index (κ2) is 8.64. The quantitative estimate of drug-likeness (QED) is 0.318. The lowest BCUT2D eigenvalue weighted by Gasteiger charge is -2.37. The maximum atomic E-state index is 13.4. The molecule has 1 aliphatic heterocycles. The zero-order valence-electron chi connectivity index (χ0n) is 17.5. The fourth-order valence-corrected chi connectivity index (χ4v) is 4.04. The number of esters is 1. The van der Waals surface area contributed by atoms with Gasteiger partial charge in [-0.05, 0) is 36.6 Å². The SMILES string of the molecule is CC1C[C@H](OC(=O)c2ccc([N+](=O)[O-])cc2)CN(c2ccc(C(F)(F)F)c3nccnc23)C1. The third-order valence-corrected chi connectivity index (χ3v) is 5.46. The zero-order valence-corrected chi connectivity index (χ0v) is 17.5. The van der Waals surface area contributed by atoms with Crippen LogP contribution in [0.4, 0.5) is 24.5 Å². The van der Waals surface area contributed by atoms with Crippen molar-refractivity contribution in [3.8, 4) is 0 Å². The van der Waals surface area contributed by atoms with E-state index in [0.717, 1.165) is 6.07 Å². The van der Waals surface area contributed by atoms with Crippen molar-refractivity contribution in [2.45, 2.75) is 25.6 Å². The van der Waals surface area contributed by atoms with E-state index in [1.165, 1.54) is 42.7 Å². The molecule has 0 N–H and O–H groups in total. The van der Waals surface area contributed by atoms with Gasteiger partial charge in [-0.1, -0.05) is 6.92 Å². The van der Waals surface area contributed by atoms with Crippen molar-refractivity contribution in [2.75, 3.05) is 18.0 Å². The molecule has 0 saturated carbocycles. The van der Waals surface area contributed by atoms with Crippen LogP contribution in [0.15, 0.2) is 48.8 Å². The van der Waals surface area contributed by atoms with Crippen molar-refractivity contribution in [3.63, 3.8) is 0 Å². The molecular formula is C22H19F3N4O4. The Morgan fingerprint density at radius 1 is 1.09 bits per heavy atom. The third kappa shape index (κ3) is 4.71. The van der Waals surface area contributed by atoms with E-state index >= 15 is 0 Å². The number of nitro groups is 1. The van der Waals surface area contributed by atoms with E-state index in [1.807, 2.05) is 11.8 Å². The summed E-state index contributed by atoms with van der Waals surface area (Å²) in [5, 5.41) is 10.8. The number of nitrogens with zero attached hydrogens (tertiary/aromatic N) is 4. The lowest BCUT2D eigenvalue weighted by molar-refractivity contribution is -0.384. The number of carbonyl (C=O) groups excluding carboxylic acids is 1. The predicted molar refractivity (Wildman–Crippen MR) is 113 cm³/mol. The van der Waals surface area contributed by atoms with Crippen molar-refractivity contribution in [1.29, 1.82) is 0 Å². The third-order valence-electron chi connectivity index (χ3n) is 5.46. The van der Waals surface area contributed by atoms with Gasteiger partial charge in [-0.25, -0.2) is 4.79 Å². The van der Waals surface area contributed by atoms with Crippen molar-refractivity contribution >= 4 is 28.4 Å². The smallest absolute Gasteiger partial charge is 0.418 e. The number of aromatic nitrogens is 2. The molecule has 0 radical (unpaired) electrons. The van der Waals surface area contributed by atoms with Crippen LogP contribution in [0, 0.1) is 16.0 Å². The topological polar surface area (TPSA) is 98.5 Å². The van der Waals surface area contributed by atoms with Gasteiger partial charge < -0.3 is 9.64 Å². The van der Waals surface area contributed by atoms with Crippen molar-refractivity contribution in [2.24, 2.45) is 5.92 Å². The summed E-state index contributed by atoms with van der Waals surface area (Å²) in [6.45, 7) is 2.76. The van der Waals surface area contributed by atoms with Gasteiger partial charge in [-0.3, -0.25) is 20.1 Å². The molecule has 0 spiro atoms. The molecule has 1 fully saturated rings. The number of piperidine rings is 1. The van der Waals surface area contributed by atoms with Gasteiger partial charge >= 0.3 is 12.1 Å². The zero-order chi connectivity index (χ0) is 23.8. The molecule has 1 aliphatic rings. The minimum absolute atomic E-state index is 0.0856. The summed E-state index contributed by atoms with van der Waals surface area (Å²) in [6, 6.07) is 7.45. The number of fused-ring (bicyclic) bond motifs is 1. The molecule has 172 valence electrons. The molecule has 2 aromatic carbocycles. The van der Waals surface area contributed by atoms with Crippen LogP contribution in [0.1, 0.15) is 29.3 Å². The van der Waals surface area contributed by atoms with Crippen LogP contribution in [-0.4, -0.2) is 40.1 Å². The summed E-state index contributed by atoms with van der Waals surface area (Å²) < 4.78 is 45.9. The van der Waals surface area contributed by atoms with Gasteiger partial charge in [-0.2, -0.15) is 13.2 Å². The molecule has 1 saturated heterocycles. The van der Waals surface area contributed by atoms with Crippen LogP contribution in [-0.2, 0) is 10.9 Å². The van der Waals surface area contributed by atoms with Crippen molar-refractivity contribution in [3.05, 3.63) is 70.0 Å². The van der Waals surface area contributed by atoms with E-state index in [1.54, 1.807) is 0 Å². The van der Waals surface area contributed by atoms with Crippen molar-refractivity contribution < 1.29 is 27.6 Å². The monoisotopic (exact) mass is 460 g/mol. The highest BCUT2D eigenvalue weighted by Gasteiger charge is 2.35. The highest BCUT2D eigenvalue weighted by molar-refractivity contribution is 5.91. The van der Waals surface area contributed by atoms with E-state index in [0.29, 0.717) is 18.7 Å². The molecular weight excluding hydrogens is 441 g/mol. The van der Waals surface area contributed by atoms with Crippen LogP contribution < -0.4 is 4.90 Å². The van der Waals surface area contributed by atoms with E-state index in [4.69, 9.17) is 4.74 Å². The standard InChI is InChI=1S/C22H19F3N4O4/c1-13-10-16(33-21(30)14-2-4-15(5-3-14)29(31)32)12-28(11-13)18-7-6-17(22(23,24)25)19-20(18)27-9-8-26-19/h2-9,13,16H,10-12H2,1H3/t13?,16-/m0/s1. The number of anilines is 1. The molecule has 3 aromatic rings. The molecule has 8 nitrogen and oxygen atoms in total. The van der Waals surface area contributed by atoms with Gasteiger partial charge in [0.2, 0.25) is 0 Å². The average molecular weight is 460 g/mol. The first-order chi connectivity index (χ1) is 15.6. The van der Waals surface area contributed by atoms with Crippen molar-refractivity contribution in [1.82, 2.24) is 9.97 Å². The molecule has 11 heteroatoms.